The number of likely N-dealkylation sites (N-methyl/N-ethyl adjacent to an activating group) is 1. The first-order chi connectivity index (χ1) is 17.3. The first kappa shape index (κ1) is 25.5. The summed E-state index contributed by atoms with van der Waals surface area (Å²) in [7, 11) is -0.554. The zero-order chi connectivity index (χ0) is 25.9. The van der Waals surface area contributed by atoms with Gasteiger partial charge < -0.3 is 15.0 Å². The first-order valence-electron chi connectivity index (χ1n) is 12.0. The second-order valence-electron chi connectivity index (χ2n) is 8.72. The molecular weight excluding hydrogens is 478 g/mol. The Bertz CT molecular complexity index is 1380. The highest BCUT2D eigenvalue weighted by Gasteiger charge is 2.35. The summed E-state index contributed by atoms with van der Waals surface area (Å²) in [6, 6.07) is 17.5. The molecule has 1 unspecified atom stereocenters. The molecule has 3 aromatic rings. The van der Waals surface area contributed by atoms with E-state index < -0.39 is 16.1 Å². The van der Waals surface area contributed by atoms with Gasteiger partial charge in [-0.25, -0.2) is 8.42 Å². The average molecular weight is 510 g/mol. The number of nitrogens with one attached hydrogen (secondary N) is 1. The van der Waals surface area contributed by atoms with Crippen LogP contribution < -0.4 is 14.4 Å². The molecule has 1 aliphatic rings. The number of rotatable bonds is 10. The van der Waals surface area contributed by atoms with Crippen LogP contribution in [0.5, 0.6) is 5.75 Å². The zero-order valence-electron chi connectivity index (χ0n) is 20.7. The second kappa shape index (κ2) is 10.6. The molecule has 0 fully saturated rings. The van der Waals surface area contributed by atoms with Crippen LogP contribution in [0.1, 0.15) is 31.7 Å². The van der Waals surface area contributed by atoms with E-state index in [-0.39, 0.29) is 31.3 Å². The number of methoxy groups -OCH3 is 1. The van der Waals surface area contributed by atoms with Gasteiger partial charge in [0.2, 0.25) is 11.8 Å². The standard InChI is InChI=1S/C27H31N3O5S/c1-4-22(27(32)28-2)29(18-19-9-5-12-21(17-19)35-3)25(31)15-8-16-30-23-13-6-10-20-11-7-14-24(26(20)23)36(30,33)34/h5-7,9-14,17,22H,4,8,15-16,18H2,1-3H3,(H,28,32). The second-order valence-corrected chi connectivity index (χ2v) is 10.6. The van der Waals surface area contributed by atoms with Crippen molar-refractivity contribution in [3.05, 3.63) is 66.2 Å². The van der Waals surface area contributed by atoms with Crippen molar-refractivity contribution in [2.24, 2.45) is 0 Å². The van der Waals surface area contributed by atoms with Crippen molar-refractivity contribution in [1.29, 1.82) is 0 Å². The van der Waals surface area contributed by atoms with Gasteiger partial charge in [0.15, 0.2) is 0 Å². The summed E-state index contributed by atoms with van der Waals surface area (Å²) in [5, 5.41) is 4.24. The van der Waals surface area contributed by atoms with Crippen LogP contribution in [-0.4, -0.2) is 51.9 Å². The number of hydrogen-bond donors (Lipinski definition) is 1. The number of nitrogens with zero attached hydrogens (tertiary/aromatic N) is 2. The summed E-state index contributed by atoms with van der Waals surface area (Å²) in [5.74, 6) is 0.222. The van der Waals surface area contributed by atoms with Gasteiger partial charge in [0.1, 0.15) is 11.8 Å². The number of carbonyl (C=O) groups excluding carboxylic acids is 2. The molecule has 4 rings (SSSR count). The Hall–Kier alpha value is -3.59. The minimum atomic E-state index is -3.68. The van der Waals surface area contributed by atoms with Crippen LogP contribution in [0.25, 0.3) is 10.8 Å². The lowest BCUT2D eigenvalue weighted by atomic mass is 10.1. The molecule has 0 radical (unpaired) electrons. The molecule has 1 heterocycles. The Morgan fingerprint density at radius 3 is 2.50 bits per heavy atom. The molecule has 0 aromatic heterocycles. The topological polar surface area (TPSA) is 96.0 Å². The zero-order valence-corrected chi connectivity index (χ0v) is 21.5. The molecule has 1 N–H and O–H groups in total. The Morgan fingerprint density at radius 2 is 1.81 bits per heavy atom. The van der Waals surface area contributed by atoms with Crippen molar-refractivity contribution in [2.75, 3.05) is 25.0 Å². The number of benzene rings is 3. The molecule has 9 heteroatoms. The van der Waals surface area contributed by atoms with E-state index in [4.69, 9.17) is 4.74 Å². The molecule has 2 amide bonds. The maximum atomic E-state index is 13.4. The summed E-state index contributed by atoms with van der Waals surface area (Å²) in [5.41, 5.74) is 1.48. The number of amides is 2. The number of anilines is 1. The van der Waals surface area contributed by atoms with Crippen LogP contribution in [0.15, 0.2) is 65.6 Å². The van der Waals surface area contributed by atoms with E-state index in [1.54, 1.807) is 37.3 Å². The van der Waals surface area contributed by atoms with Crippen LogP contribution >= 0.6 is 0 Å². The van der Waals surface area contributed by atoms with E-state index in [0.717, 1.165) is 16.3 Å². The summed E-state index contributed by atoms with van der Waals surface area (Å²) in [6.45, 7) is 2.28. The highest BCUT2D eigenvalue weighted by atomic mass is 32.2. The van der Waals surface area contributed by atoms with E-state index in [0.29, 0.717) is 29.2 Å². The molecule has 36 heavy (non-hydrogen) atoms. The minimum Gasteiger partial charge on any atom is -0.497 e. The van der Waals surface area contributed by atoms with Crippen molar-refractivity contribution in [3.63, 3.8) is 0 Å². The number of sulfonamides is 1. The molecule has 8 nitrogen and oxygen atoms in total. The smallest absolute Gasteiger partial charge is 0.265 e. The van der Waals surface area contributed by atoms with E-state index in [2.05, 4.69) is 5.32 Å². The predicted molar refractivity (Wildman–Crippen MR) is 139 cm³/mol. The first-order valence-corrected chi connectivity index (χ1v) is 13.4. The maximum absolute atomic E-state index is 13.4. The Labute approximate surface area is 211 Å². The molecule has 0 bridgehead atoms. The predicted octanol–water partition coefficient (Wildman–Crippen LogP) is 3.69. The Morgan fingerprint density at radius 1 is 1.08 bits per heavy atom. The molecule has 0 aliphatic carbocycles. The fraction of sp³-hybridized carbons (Fsp3) is 0.333. The number of carbonyl (C=O) groups is 2. The van der Waals surface area contributed by atoms with Crippen molar-refractivity contribution < 1.29 is 22.7 Å². The molecule has 0 spiro atoms. The fourth-order valence-corrected chi connectivity index (χ4v) is 6.52. The van der Waals surface area contributed by atoms with Crippen molar-refractivity contribution in [1.82, 2.24) is 10.2 Å². The van der Waals surface area contributed by atoms with Gasteiger partial charge in [-0.2, -0.15) is 0 Å². The summed E-state index contributed by atoms with van der Waals surface area (Å²) in [4.78, 5) is 27.9. The van der Waals surface area contributed by atoms with Gasteiger partial charge in [0.05, 0.1) is 17.7 Å². The quantitative estimate of drug-likeness (QED) is 0.450. The molecule has 0 saturated carbocycles. The summed E-state index contributed by atoms with van der Waals surface area (Å²) in [6.07, 6.45) is 0.879. The lowest BCUT2D eigenvalue weighted by Gasteiger charge is -2.30. The lowest BCUT2D eigenvalue weighted by Crippen LogP contribution is -2.48. The largest absolute Gasteiger partial charge is 0.497 e. The normalized spacial score (nSPS) is 14.5. The minimum absolute atomic E-state index is 0.107. The van der Waals surface area contributed by atoms with Crippen LogP contribution in [0, 0.1) is 0 Å². The van der Waals surface area contributed by atoms with Crippen LogP contribution in [-0.2, 0) is 26.2 Å². The van der Waals surface area contributed by atoms with Crippen molar-refractivity contribution in [2.45, 2.75) is 43.7 Å². The van der Waals surface area contributed by atoms with Gasteiger partial charge >= 0.3 is 0 Å². The van der Waals surface area contributed by atoms with E-state index in [9.17, 15) is 18.0 Å². The Kier molecular flexibility index (Phi) is 7.49. The number of hydrogen-bond acceptors (Lipinski definition) is 5. The lowest BCUT2D eigenvalue weighted by molar-refractivity contribution is -0.141. The van der Waals surface area contributed by atoms with Gasteiger partial charge in [0, 0.05) is 31.9 Å². The van der Waals surface area contributed by atoms with Crippen molar-refractivity contribution >= 4 is 38.3 Å². The molecule has 3 aromatic carbocycles. The van der Waals surface area contributed by atoms with Gasteiger partial charge in [-0.15, -0.1) is 0 Å². The summed E-state index contributed by atoms with van der Waals surface area (Å²) >= 11 is 0. The van der Waals surface area contributed by atoms with Gasteiger partial charge in [-0.3, -0.25) is 13.9 Å². The molecule has 190 valence electrons. The third-order valence-corrected chi connectivity index (χ3v) is 8.41. The van der Waals surface area contributed by atoms with E-state index in [1.165, 1.54) is 4.31 Å². The molecule has 1 atom stereocenters. The van der Waals surface area contributed by atoms with Crippen LogP contribution in [0.2, 0.25) is 0 Å². The van der Waals surface area contributed by atoms with Gasteiger partial charge in [-0.05, 0) is 48.1 Å². The highest BCUT2D eigenvalue weighted by Crippen LogP contribution is 2.42. The number of ether oxygens (including phenoxy) is 1. The highest BCUT2D eigenvalue weighted by molar-refractivity contribution is 7.93. The van der Waals surface area contributed by atoms with E-state index in [1.807, 2.05) is 49.4 Å². The molecule has 0 saturated heterocycles. The molecular formula is C27H31N3O5S. The van der Waals surface area contributed by atoms with Gasteiger partial charge in [0.25, 0.3) is 10.0 Å². The monoisotopic (exact) mass is 509 g/mol. The molecule has 1 aliphatic heterocycles. The van der Waals surface area contributed by atoms with Crippen molar-refractivity contribution in [3.8, 4) is 5.75 Å². The Balaban J connectivity index is 1.52. The fourth-order valence-electron chi connectivity index (χ4n) is 4.77. The van der Waals surface area contributed by atoms with Gasteiger partial charge in [-0.1, -0.05) is 43.3 Å². The van der Waals surface area contributed by atoms with Crippen LogP contribution in [0.4, 0.5) is 5.69 Å². The third-order valence-electron chi connectivity index (χ3n) is 6.55. The SMILES string of the molecule is CCC(C(=O)NC)N(Cc1cccc(OC)c1)C(=O)CCCN1c2cccc3cccc(c23)S1(=O)=O. The maximum Gasteiger partial charge on any atom is 0.265 e. The third kappa shape index (κ3) is 4.75. The average Bonchev–Trinajstić information content (AvgIpc) is 3.11. The van der Waals surface area contributed by atoms with E-state index >= 15 is 0 Å². The van der Waals surface area contributed by atoms with Crippen LogP contribution in [0.3, 0.4) is 0 Å². The summed E-state index contributed by atoms with van der Waals surface area (Å²) < 4.78 is 33.1.